The maximum atomic E-state index is 5.39. The summed E-state index contributed by atoms with van der Waals surface area (Å²) in [7, 11) is 1.67. The van der Waals surface area contributed by atoms with E-state index in [9.17, 15) is 0 Å². The minimum absolute atomic E-state index is 0.201. The summed E-state index contributed by atoms with van der Waals surface area (Å²) in [5, 5.41) is 3.49. The molecule has 0 aromatic carbocycles. The molecule has 2 rings (SSSR count). The third-order valence-corrected chi connectivity index (χ3v) is 3.02. The first-order chi connectivity index (χ1) is 9.35. The third-order valence-electron chi connectivity index (χ3n) is 3.02. The number of hydrogen-bond acceptors (Lipinski definition) is 4. The SMILES string of the molecule is CCNC(Cc1cccnc1)c1ccncc1OC. The Bertz CT molecular complexity index is 502. The van der Waals surface area contributed by atoms with E-state index in [4.69, 9.17) is 4.74 Å². The van der Waals surface area contributed by atoms with E-state index >= 15 is 0 Å². The van der Waals surface area contributed by atoms with Gasteiger partial charge in [-0.2, -0.15) is 0 Å². The largest absolute Gasteiger partial charge is 0.495 e. The van der Waals surface area contributed by atoms with Gasteiger partial charge in [0.15, 0.2) is 0 Å². The van der Waals surface area contributed by atoms with Crippen molar-refractivity contribution in [3.63, 3.8) is 0 Å². The van der Waals surface area contributed by atoms with Crippen molar-refractivity contribution in [2.75, 3.05) is 13.7 Å². The Morgan fingerprint density at radius 2 is 2.05 bits per heavy atom. The molecule has 4 heteroatoms. The highest BCUT2D eigenvalue weighted by molar-refractivity contribution is 5.34. The van der Waals surface area contributed by atoms with Crippen LogP contribution in [0.15, 0.2) is 43.0 Å². The Hall–Kier alpha value is -1.94. The molecule has 1 N–H and O–H groups in total. The number of nitrogens with one attached hydrogen (secondary N) is 1. The van der Waals surface area contributed by atoms with Crippen LogP contribution in [0.5, 0.6) is 5.75 Å². The minimum Gasteiger partial charge on any atom is -0.495 e. The molecule has 0 spiro atoms. The summed E-state index contributed by atoms with van der Waals surface area (Å²) in [6, 6.07) is 6.25. The number of nitrogens with zero attached hydrogens (tertiary/aromatic N) is 2. The molecule has 4 nitrogen and oxygen atoms in total. The van der Waals surface area contributed by atoms with Crippen LogP contribution in [-0.2, 0) is 6.42 Å². The smallest absolute Gasteiger partial charge is 0.141 e. The number of ether oxygens (including phenoxy) is 1. The van der Waals surface area contributed by atoms with Crippen molar-refractivity contribution in [1.82, 2.24) is 15.3 Å². The van der Waals surface area contributed by atoms with Crippen molar-refractivity contribution < 1.29 is 4.74 Å². The van der Waals surface area contributed by atoms with Gasteiger partial charge in [0.2, 0.25) is 0 Å². The zero-order valence-corrected chi connectivity index (χ0v) is 11.3. The van der Waals surface area contributed by atoms with Gasteiger partial charge in [0, 0.05) is 30.2 Å². The molecule has 19 heavy (non-hydrogen) atoms. The Kier molecular flexibility index (Phi) is 4.86. The first-order valence-electron chi connectivity index (χ1n) is 6.45. The first kappa shape index (κ1) is 13.5. The van der Waals surface area contributed by atoms with Crippen LogP contribution in [0, 0.1) is 0 Å². The van der Waals surface area contributed by atoms with Crippen LogP contribution in [0.25, 0.3) is 0 Å². The molecular formula is C15H19N3O. The molecule has 0 fully saturated rings. The number of aromatic nitrogens is 2. The zero-order chi connectivity index (χ0) is 13.5. The first-order valence-corrected chi connectivity index (χ1v) is 6.45. The van der Waals surface area contributed by atoms with Gasteiger partial charge in [-0.25, -0.2) is 0 Å². The number of hydrogen-bond donors (Lipinski definition) is 1. The van der Waals surface area contributed by atoms with Gasteiger partial charge in [-0.1, -0.05) is 13.0 Å². The van der Waals surface area contributed by atoms with Gasteiger partial charge >= 0.3 is 0 Å². The lowest BCUT2D eigenvalue weighted by Gasteiger charge is -2.20. The second kappa shape index (κ2) is 6.85. The van der Waals surface area contributed by atoms with E-state index < -0.39 is 0 Å². The lowest BCUT2D eigenvalue weighted by Crippen LogP contribution is -2.23. The standard InChI is InChI=1S/C15H19N3O/c1-3-18-14(9-12-5-4-7-16-10-12)13-6-8-17-11-15(13)19-2/h4-8,10-11,14,18H,3,9H2,1-2H3. The number of rotatable bonds is 6. The maximum absolute atomic E-state index is 5.39. The summed E-state index contributed by atoms with van der Waals surface area (Å²) in [4.78, 5) is 8.26. The van der Waals surface area contributed by atoms with Crippen LogP contribution in [0.2, 0.25) is 0 Å². The summed E-state index contributed by atoms with van der Waals surface area (Å²) < 4.78 is 5.39. The van der Waals surface area contributed by atoms with Crippen molar-refractivity contribution in [2.24, 2.45) is 0 Å². The van der Waals surface area contributed by atoms with Gasteiger partial charge in [0.05, 0.1) is 13.3 Å². The Labute approximate surface area is 113 Å². The van der Waals surface area contributed by atoms with Crippen LogP contribution in [0.3, 0.4) is 0 Å². The summed E-state index contributed by atoms with van der Waals surface area (Å²) >= 11 is 0. The van der Waals surface area contributed by atoms with E-state index in [2.05, 4.69) is 28.3 Å². The summed E-state index contributed by atoms with van der Waals surface area (Å²) in [5.41, 5.74) is 2.33. The Morgan fingerprint density at radius 3 is 2.74 bits per heavy atom. The van der Waals surface area contributed by atoms with Crippen molar-refractivity contribution in [3.05, 3.63) is 54.1 Å². The molecule has 2 aromatic heterocycles. The Balaban J connectivity index is 2.24. The monoisotopic (exact) mass is 257 g/mol. The molecule has 0 saturated heterocycles. The molecule has 0 saturated carbocycles. The van der Waals surface area contributed by atoms with Gasteiger partial charge in [-0.05, 0) is 30.7 Å². The lowest BCUT2D eigenvalue weighted by atomic mass is 10.00. The highest BCUT2D eigenvalue weighted by Crippen LogP contribution is 2.26. The van der Waals surface area contributed by atoms with Crippen LogP contribution in [0.4, 0.5) is 0 Å². The molecule has 100 valence electrons. The number of methoxy groups -OCH3 is 1. The van der Waals surface area contributed by atoms with Crippen molar-refractivity contribution in [2.45, 2.75) is 19.4 Å². The molecule has 0 amide bonds. The molecule has 0 aliphatic carbocycles. The second-order valence-corrected chi connectivity index (χ2v) is 4.29. The maximum Gasteiger partial charge on any atom is 0.141 e. The molecule has 0 aliphatic heterocycles. The molecule has 1 atom stereocenters. The molecule has 0 aliphatic rings. The average Bonchev–Trinajstić information content (AvgIpc) is 2.48. The summed E-state index contributed by atoms with van der Waals surface area (Å²) in [6.45, 7) is 3.00. The van der Waals surface area contributed by atoms with E-state index in [0.29, 0.717) is 0 Å². The van der Waals surface area contributed by atoms with E-state index in [0.717, 1.165) is 24.3 Å². The minimum atomic E-state index is 0.201. The van der Waals surface area contributed by atoms with Crippen LogP contribution >= 0.6 is 0 Å². The van der Waals surface area contributed by atoms with Crippen LogP contribution in [-0.4, -0.2) is 23.6 Å². The molecular weight excluding hydrogens is 238 g/mol. The fourth-order valence-corrected chi connectivity index (χ4v) is 2.14. The molecule has 2 aromatic rings. The van der Waals surface area contributed by atoms with Crippen molar-refractivity contribution >= 4 is 0 Å². The second-order valence-electron chi connectivity index (χ2n) is 4.29. The van der Waals surface area contributed by atoms with E-state index in [1.807, 2.05) is 18.3 Å². The van der Waals surface area contributed by atoms with E-state index in [-0.39, 0.29) is 6.04 Å². The van der Waals surface area contributed by atoms with Crippen LogP contribution < -0.4 is 10.1 Å². The van der Waals surface area contributed by atoms with Gasteiger partial charge in [-0.15, -0.1) is 0 Å². The number of likely N-dealkylation sites (N-methyl/N-ethyl adjacent to an activating group) is 1. The summed E-state index contributed by atoms with van der Waals surface area (Å²) in [6.07, 6.45) is 8.12. The molecule has 1 unspecified atom stereocenters. The number of pyridine rings is 2. The highest BCUT2D eigenvalue weighted by atomic mass is 16.5. The topological polar surface area (TPSA) is 47.0 Å². The van der Waals surface area contributed by atoms with Gasteiger partial charge < -0.3 is 10.1 Å². The molecule has 2 heterocycles. The quantitative estimate of drug-likeness (QED) is 0.863. The fourth-order valence-electron chi connectivity index (χ4n) is 2.14. The predicted molar refractivity (Wildman–Crippen MR) is 75.1 cm³/mol. The predicted octanol–water partition coefficient (Wildman–Crippen LogP) is 2.38. The third kappa shape index (κ3) is 3.51. The van der Waals surface area contributed by atoms with E-state index in [1.165, 1.54) is 5.56 Å². The van der Waals surface area contributed by atoms with Crippen molar-refractivity contribution in [1.29, 1.82) is 0 Å². The molecule has 0 radical (unpaired) electrons. The van der Waals surface area contributed by atoms with Crippen molar-refractivity contribution in [3.8, 4) is 5.75 Å². The van der Waals surface area contributed by atoms with Crippen LogP contribution in [0.1, 0.15) is 24.1 Å². The zero-order valence-electron chi connectivity index (χ0n) is 11.3. The lowest BCUT2D eigenvalue weighted by molar-refractivity contribution is 0.397. The summed E-state index contributed by atoms with van der Waals surface area (Å²) in [5.74, 6) is 0.817. The highest BCUT2D eigenvalue weighted by Gasteiger charge is 2.15. The Morgan fingerprint density at radius 1 is 1.21 bits per heavy atom. The van der Waals surface area contributed by atoms with Gasteiger partial charge in [0.1, 0.15) is 5.75 Å². The van der Waals surface area contributed by atoms with E-state index in [1.54, 1.807) is 25.7 Å². The normalized spacial score (nSPS) is 12.1. The van der Waals surface area contributed by atoms with Gasteiger partial charge in [0.25, 0.3) is 0 Å². The average molecular weight is 257 g/mol. The molecule has 0 bridgehead atoms. The fraction of sp³-hybridized carbons (Fsp3) is 0.333. The van der Waals surface area contributed by atoms with Gasteiger partial charge in [-0.3, -0.25) is 9.97 Å².